The Bertz CT molecular complexity index is 229. The predicted octanol–water partition coefficient (Wildman–Crippen LogP) is -0.188. The molecule has 5 nitrogen and oxygen atoms in total. The molecule has 3 N–H and O–H groups in total. The lowest BCUT2D eigenvalue weighted by atomic mass is 10.2. The molecular formula is C8H15N3O2. The van der Waals surface area contributed by atoms with E-state index in [0.29, 0.717) is 12.4 Å². The van der Waals surface area contributed by atoms with E-state index >= 15 is 0 Å². The van der Waals surface area contributed by atoms with E-state index in [2.05, 4.69) is 6.58 Å². The first-order chi connectivity index (χ1) is 6.04. The fourth-order valence-electron chi connectivity index (χ4n) is 1.38. The maximum atomic E-state index is 10.7. The quantitative estimate of drug-likeness (QED) is 0.584. The Labute approximate surface area is 77.4 Å². The number of aliphatic carboxylic acids is 1. The SMILES string of the molecule is C=C1N(N)CCCN1C(C)C(=O)O. The van der Waals surface area contributed by atoms with Crippen molar-refractivity contribution in [3.63, 3.8) is 0 Å². The molecule has 1 fully saturated rings. The molecule has 0 radical (unpaired) electrons. The fraction of sp³-hybridized carbons (Fsp3) is 0.625. The first-order valence-electron chi connectivity index (χ1n) is 4.24. The third-order valence-electron chi connectivity index (χ3n) is 2.29. The van der Waals surface area contributed by atoms with Gasteiger partial charge in [-0.15, -0.1) is 0 Å². The normalized spacial score (nSPS) is 20.3. The maximum absolute atomic E-state index is 10.7. The molecule has 1 saturated heterocycles. The molecule has 1 atom stereocenters. The van der Waals surface area contributed by atoms with E-state index in [4.69, 9.17) is 10.9 Å². The van der Waals surface area contributed by atoms with Crippen molar-refractivity contribution in [1.82, 2.24) is 9.91 Å². The number of carboxylic acid groups (broad SMARTS) is 1. The van der Waals surface area contributed by atoms with Crippen LogP contribution in [-0.2, 0) is 4.79 Å². The Kier molecular flexibility index (Phi) is 2.77. The molecule has 0 aliphatic carbocycles. The number of hydrazine groups is 1. The van der Waals surface area contributed by atoms with E-state index in [1.54, 1.807) is 11.8 Å². The minimum Gasteiger partial charge on any atom is -0.480 e. The summed E-state index contributed by atoms with van der Waals surface area (Å²) in [6, 6.07) is -0.557. The van der Waals surface area contributed by atoms with Crippen LogP contribution < -0.4 is 5.84 Å². The highest BCUT2D eigenvalue weighted by Gasteiger charge is 2.26. The third kappa shape index (κ3) is 1.92. The van der Waals surface area contributed by atoms with Crippen LogP contribution >= 0.6 is 0 Å². The predicted molar refractivity (Wildman–Crippen MR) is 48.5 cm³/mol. The lowest BCUT2D eigenvalue weighted by Crippen LogP contribution is -2.50. The van der Waals surface area contributed by atoms with Gasteiger partial charge in [-0.1, -0.05) is 6.58 Å². The Hall–Kier alpha value is -1.23. The molecule has 0 bridgehead atoms. The molecule has 0 aromatic heterocycles. The van der Waals surface area contributed by atoms with Gasteiger partial charge in [0.15, 0.2) is 0 Å². The van der Waals surface area contributed by atoms with Crippen LogP contribution in [0, 0.1) is 0 Å². The molecule has 1 aliphatic heterocycles. The van der Waals surface area contributed by atoms with Crippen LogP contribution in [0.4, 0.5) is 0 Å². The molecule has 1 aliphatic rings. The second-order valence-electron chi connectivity index (χ2n) is 3.17. The minimum atomic E-state index is -0.851. The average Bonchev–Trinajstić information content (AvgIpc) is 2.08. The maximum Gasteiger partial charge on any atom is 0.326 e. The molecule has 5 heteroatoms. The van der Waals surface area contributed by atoms with Gasteiger partial charge in [-0.2, -0.15) is 0 Å². The molecule has 1 rings (SSSR count). The average molecular weight is 185 g/mol. The molecular weight excluding hydrogens is 170 g/mol. The number of hydrogen-bond donors (Lipinski definition) is 2. The number of carbonyl (C=O) groups is 1. The van der Waals surface area contributed by atoms with Gasteiger partial charge < -0.3 is 10.0 Å². The monoisotopic (exact) mass is 185 g/mol. The van der Waals surface area contributed by atoms with Crippen molar-refractivity contribution in [3.05, 3.63) is 12.4 Å². The summed E-state index contributed by atoms with van der Waals surface area (Å²) in [5.41, 5.74) is 0. The Morgan fingerprint density at radius 3 is 2.85 bits per heavy atom. The van der Waals surface area contributed by atoms with E-state index in [-0.39, 0.29) is 0 Å². The number of hydrogen-bond acceptors (Lipinski definition) is 4. The Balaban J connectivity index is 2.68. The van der Waals surface area contributed by atoms with Crippen LogP contribution in [0.2, 0.25) is 0 Å². The van der Waals surface area contributed by atoms with Crippen molar-refractivity contribution in [3.8, 4) is 0 Å². The molecule has 13 heavy (non-hydrogen) atoms. The molecule has 74 valence electrons. The highest BCUT2D eigenvalue weighted by molar-refractivity contribution is 5.73. The van der Waals surface area contributed by atoms with Gasteiger partial charge in [0.05, 0.1) is 0 Å². The summed E-state index contributed by atoms with van der Waals surface area (Å²) in [7, 11) is 0. The summed E-state index contributed by atoms with van der Waals surface area (Å²) >= 11 is 0. The molecule has 0 saturated carbocycles. The summed E-state index contributed by atoms with van der Waals surface area (Å²) in [6.45, 7) is 6.82. The van der Waals surface area contributed by atoms with E-state index in [0.717, 1.165) is 13.0 Å². The van der Waals surface area contributed by atoms with Crippen molar-refractivity contribution in [2.24, 2.45) is 5.84 Å². The van der Waals surface area contributed by atoms with E-state index < -0.39 is 12.0 Å². The third-order valence-corrected chi connectivity index (χ3v) is 2.29. The van der Waals surface area contributed by atoms with Gasteiger partial charge in [0.2, 0.25) is 0 Å². The van der Waals surface area contributed by atoms with E-state index in [1.165, 1.54) is 5.01 Å². The Morgan fingerprint density at radius 2 is 2.31 bits per heavy atom. The molecule has 0 amide bonds. The molecule has 1 heterocycles. The summed E-state index contributed by atoms with van der Waals surface area (Å²) < 4.78 is 0. The highest BCUT2D eigenvalue weighted by Crippen LogP contribution is 2.15. The van der Waals surface area contributed by atoms with Crippen LogP contribution in [0.1, 0.15) is 13.3 Å². The number of nitrogens with zero attached hydrogens (tertiary/aromatic N) is 2. The van der Waals surface area contributed by atoms with Gasteiger partial charge in [0, 0.05) is 13.1 Å². The largest absolute Gasteiger partial charge is 0.480 e. The molecule has 1 unspecified atom stereocenters. The van der Waals surface area contributed by atoms with Crippen LogP contribution in [0.5, 0.6) is 0 Å². The smallest absolute Gasteiger partial charge is 0.326 e. The number of carboxylic acids is 1. The first kappa shape index (κ1) is 9.85. The van der Waals surface area contributed by atoms with Gasteiger partial charge in [-0.25, -0.2) is 10.6 Å². The highest BCUT2D eigenvalue weighted by atomic mass is 16.4. The van der Waals surface area contributed by atoms with Gasteiger partial charge in [0.1, 0.15) is 11.9 Å². The van der Waals surface area contributed by atoms with Crippen LogP contribution in [0.15, 0.2) is 12.4 Å². The zero-order valence-corrected chi connectivity index (χ0v) is 7.73. The number of nitrogens with two attached hydrogens (primary N) is 1. The van der Waals surface area contributed by atoms with Gasteiger partial charge in [-0.3, -0.25) is 5.01 Å². The zero-order valence-electron chi connectivity index (χ0n) is 7.73. The van der Waals surface area contributed by atoms with Crippen LogP contribution in [0.25, 0.3) is 0 Å². The number of rotatable bonds is 2. The summed E-state index contributed by atoms with van der Waals surface area (Å²) in [5.74, 6) is 5.34. The fourth-order valence-corrected chi connectivity index (χ4v) is 1.38. The van der Waals surface area contributed by atoms with Crippen molar-refractivity contribution in [1.29, 1.82) is 0 Å². The zero-order chi connectivity index (χ0) is 10.0. The summed E-state index contributed by atoms with van der Waals surface area (Å²) in [6.07, 6.45) is 0.868. The van der Waals surface area contributed by atoms with Crippen molar-refractivity contribution in [2.75, 3.05) is 13.1 Å². The van der Waals surface area contributed by atoms with Gasteiger partial charge in [-0.05, 0) is 13.3 Å². The van der Waals surface area contributed by atoms with Crippen LogP contribution in [0.3, 0.4) is 0 Å². The topological polar surface area (TPSA) is 69.8 Å². The van der Waals surface area contributed by atoms with Gasteiger partial charge >= 0.3 is 5.97 Å². The standard InChI is InChI=1S/C8H15N3O2/c1-6(8(12)13)10-4-3-5-11(9)7(10)2/h6H,2-5,9H2,1H3,(H,12,13). The van der Waals surface area contributed by atoms with E-state index in [1.807, 2.05) is 0 Å². The Morgan fingerprint density at radius 1 is 1.69 bits per heavy atom. The molecule has 0 aromatic rings. The molecule has 0 spiro atoms. The van der Waals surface area contributed by atoms with E-state index in [9.17, 15) is 4.79 Å². The van der Waals surface area contributed by atoms with Crippen molar-refractivity contribution in [2.45, 2.75) is 19.4 Å². The summed E-state index contributed by atoms with van der Waals surface area (Å²) in [5, 5.41) is 10.3. The summed E-state index contributed by atoms with van der Waals surface area (Å²) in [4.78, 5) is 12.4. The van der Waals surface area contributed by atoms with Crippen molar-refractivity contribution < 1.29 is 9.90 Å². The minimum absolute atomic E-state index is 0.557. The second-order valence-corrected chi connectivity index (χ2v) is 3.17. The molecule has 0 aromatic carbocycles. The second kappa shape index (κ2) is 3.66. The van der Waals surface area contributed by atoms with Crippen molar-refractivity contribution >= 4 is 5.97 Å². The lowest BCUT2D eigenvalue weighted by molar-refractivity contribution is -0.142. The lowest BCUT2D eigenvalue weighted by Gasteiger charge is -2.39. The van der Waals surface area contributed by atoms with Gasteiger partial charge in [0.25, 0.3) is 0 Å². The first-order valence-corrected chi connectivity index (χ1v) is 4.24. The van der Waals surface area contributed by atoms with Crippen LogP contribution in [-0.4, -0.2) is 40.1 Å².